The highest BCUT2D eigenvalue weighted by Gasteiger charge is 2.20. The van der Waals surface area contributed by atoms with Crippen LogP contribution in [0.5, 0.6) is 0 Å². The molecule has 10 aromatic rings. The topological polar surface area (TPSA) is 0 Å². The summed E-state index contributed by atoms with van der Waals surface area (Å²) in [5, 5.41) is 12.6. The van der Waals surface area contributed by atoms with Crippen LogP contribution in [0.2, 0.25) is 0 Å². The lowest BCUT2D eigenvalue weighted by Gasteiger charge is -2.20. The number of fused-ring (bicyclic) bond motifs is 5. The van der Waals surface area contributed by atoms with Gasteiger partial charge in [-0.1, -0.05) is 182 Å². The lowest BCUT2D eigenvalue weighted by Crippen LogP contribution is -1.93. The maximum atomic E-state index is 2.45. The van der Waals surface area contributed by atoms with E-state index in [1.807, 2.05) is 0 Å². The Morgan fingerprint density at radius 2 is 0.680 bits per heavy atom. The van der Waals surface area contributed by atoms with Gasteiger partial charge in [-0.25, -0.2) is 0 Å². The molecule has 0 heterocycles. The first-order chi connectivity index (χ1) is 24.8. The zero-order valence-electron chi connectivity index (χ0n) is 27.5. The summed E-state index contributed by atoms with van der Waals surface area (Å²) < 4.78 is 0. The lowest BCUT2D eigenvalue weighted by atomic mass is 9.83. The molecule has 10 rings (SSSR count). The zero-order valence-corrected chi connectivity index (χ0v) is 27.5. The van der Waals surface area contributed by atoms with Crippen LogP contribution in [0.1, 0.15) is 0 Å². The first kappa shape index (κ1) is 28.5. The van der Waals surface area contributed by atoms with Crippen LogP contribution in [0.15, 0.2) is 194 Å². The Morgan fingerprint density at radius 3 is 1.42 bits per heavy atom. The molecule has 232 valence electrons. The van der Waals surface area contributed by atoms with E-state index in [1.165, 1.54) is 98.4 Å². The first-order valence-corrected chi connectivity index (χ1v) is 17.4. The van der Waals surface area contributed by atoms with Gasteiger partial charge in [-0.05, 0) is 111 Å². The molecule has 0 unspecified atom stereocenters. The summed E-state index contributed by atoms with van der Waals surface area (Å²) in [7, 11) is 0. The van der Waals surface area contributed by atoms with E-state index < -0.39 is 0 Å². The van der Waals surface area contributed by atoms with Gasteiger partial charge < -0.3 is 0 Å². The molecule has 0 saturated heterocycles. The third-order valence-electron chi connectivity index (χ3n) is 10.4. The Kier molecular flexibility index (Phi) is 6.60. The second-order valence-corrected chi connectivity index (χ2v) is 13.2. The molecule has 0 spiro atoms. The molecular formula is C50H32. The Morgan fingerprint density at radius 1 is 0.200 bits per heavy atom. The Bertz CT molecular complexity index is 2920. The lowest BCUT2D eigenvalue weighted by molar-refractivity contribution is 1.61. The van der Waals surface area contributed by atoms with Crippen molar-refractivity contribution in [1.29, 1.82) is 0 Å². The molecule has 0 N–H and O–H groups in total. The van der Waals surface area contributed by atoms with E-state index in [0.29, 0.717) is 0 Å². The first-order valence-electron chi connectivity index (χ1n) is 17.4. The summed E-state index contributed by atoms with van der Waals surface area (Å²) in [5.41, 5.74) is 9.99. The molecule has 0 nitrogen and oxygen atoms in total. The quantitative estimate of drug-likeness (QED) is 0.169. The zero-order chi connectivity index (χ0) is 33.0. The van der Waals surface area contributed by atoms with Crippen molar-refractivity contribution in [3.8, 4) is 44.5 Å². The van der Waals surface area contributed by atoms with Crippen LogP contribution < -0.4 is 0 Å². The van der Waals surface area contributed by atoms with Gasteiger partial charge in [0.25, 0.3) is 0 Å². The summed E-state index contributed by atoms with van der Waals surface area (Å²) >= 11 is 0. The molecule has 0 atom stereocenters. The third kappa shape index (κ3) is 4.54. The van der Waals surface area contributed by atoms with Gasteiger partial charge in [0.15, 0.2) is 0 Å². The molecule has 0 aliphatic heterocycles. The van der Waals surface area contributed by atoms with Crippen molar-refractivity contribution in [1.82, 2.24) is 0 Å². The predicted molar refractivity (Wildman–Crippen MR) is 216 cm³/mol. The van der Waals surface area contributed by atoms with Crippen molar-refractivity contribution in [2.24, 2.45) is 0 Å². The fraction of sp³-hybridized carbons (Fsp3) is 0. The summed E-state index contributed by atoms with van der Waals surface area (Å²) in [6, 6.07) is 71.4. The van der Waals surface area contributed by atoms with Gasteiger partial charge >= 0.3 is 0 Å². The number of benzene rings is 10. The fourth-order valence-corrected chi connectivity index (χ4v) is 8.17. The van der Waals surface area contributed by atoms with E-state index in [2.05, 4.69) is 194 Å². The second kappa shape index (κ2) is 11.6. The molecule has 0 saturated carbocycles. The smallest absolute Gasteiger partial charge is 0.00199 e. The van der Waals surface area contributed by atoms with Crippen molar-refractivity contribution in [3.05, 3.63) is 194 Å². The van der Waals surface area contributed by atoms with Gasteiger partial charge in [0.2, 0.25) is 0 Å². The molecule has 0 bridgehead atoms. The average Bonchev–Trinajstić information content (AvgIpc) is 3.19. The summed E-state index contributed by atoms with van der Waals surface area (Å²) in [5.74, 6) is 0. The summed E-state index contributed by atoms with van der Waals surface area (Å²) in [6.45, 7) is 0. The van der Waals surface area contributed by atoms with E-state index in [0.717, 1.165) is 0 Å². The van der Waals surface area contributed by atoms with Gasteiger partial charge in [0, 0.05) is 0 Å². The van der Waals surface area contributed by atoms with E-state index in [9.17, 15) is 0 Å². The summed E-state index contributed by atoms with van der Waals surface area (Å²) in [6.07, 6.45) is 0. The normalized spacial score (nSPS) is 11.6. The van der Waals surface area contributed by atoms with Crippen LogP contribution in [0, 0.1) is 0 Å². The molecule has 0 heteroatoms. The molecule has 0 radical (unpaired) electrons. The predicted octanol–water partition coefficient (Wildman–Crippen LogP) is 14.1. The Balaban J connectivity index is 1.32. The van der Waals surface area contributed by atoms with Gasteiger partial charge in [0.05, 0.1) is 0 Å². The minimum absolute atomic E-state index is 1.21. The maximum Gasteiger partial charge on any atom is -0.00199 e. The van der Waals surface area contributed by atoms with Crippen LogP contribution in [-0.2, 0) is 0 Å². The number of rotatable bonds is 4. The molecule has 0 aromatic heterocycles. The largest absolute Gasteiger partial charge is 0.0616 e. The van der Waals surface area contributed by atoms with Crippen molar-refractivity contribution < 1.29 is 0 Å². The van der Waals surface area contributed by atoms with Crippen molar-refractivity contribution >= 4 is 53.9 Å². The van der Waals surface area contributed by atoms with Crippen LogP contribution in [0.3, 0.4) is 0 Å². The van der Waals surface area contributed by atoms with Crippen LogP contribution in [0.25, 0.3) is 98.4 Å². The Labute approximate surface area is 291 Å². The molecule has 0 fully saturated rings. The number of hydrogen-bond acceptors (Lipinski definition) is 0. The molecule has 10 aromatic carbocycles. The SMILES string of the molecule is c1ccc(-c2cccc3ccccc23)c(-c2ccc3c(-c4ccc5ccccc5c4)c4ccccc4c(-c4cccc5ccccc45)c3c2)c1. The van der Waals surface area contributed by atoms with Crippen LogP contribution in [0.4, 0.5) is 0 Å². The molecule has 0 aliphatic carbocycles. The molecule has 50 heavy (non-hydrogen) atoms. The highest BCUT2D eigenvalue weighted by atomic mass is 14.2. The number of hydrogen-bond donors (Lipinski definition) is 0. The van der Waals surface area contributed by atoms with E-state index in [1.54, 1.807) is 0 Å². The van der Waals surface area contributed by atoms with Gasteiger partial charge in [-0.3, -0.25) is 0 Å². The average molecular weight is 633 g/mol. The Hall–Kier alpha value is -6.50. The second-order valence-electron chi connectivity index (χ2n) is 13.2. The van der Waals surface area contributed by atoms with Crippen molar-refractivity contribution in [3.63, 3.8) is 0 Å². The van der Waals surface area contributed by atoms with E-state index in [4.69, 9.17) is 0 Å². The minimum Gasteiger partial charge on any atom is -0.0616 e. The van der Waals surface area contributed by atoms with Gasteiger partial charge in [0.1, 0.15) is 0 Å². The summed E-state index contributed by atoms with van der Waals surface area (Å²) in [4.78, 5) is 0. The minimum atomic E-state index is 1.21. The third-order valence-corrected chi connectivity index (χ3v) is 10.4. The standard InChI is InChI=1S/C50H32/c1-2-16-36-31-38(28-27-33(36)13-1)49-45-23-9-10-24-46(45)50(44-26-12-18-35-15-4-6-20-40(35)44)48-32-37(29-30-47(48)49)41-21-7-8-22-42(41)43-25-11-17-34-14-3-5-19-39(34)43/h1-32H. The highest BCUT2D eigenvalue weighted by Crippen LogP contribution is 2.47. The van der Waals surface area contributed by atoms with Crippen molar-refractivity contribution in [2.75, 3.05) is 0 Å². The fourth-order valence-electron chi connectivity index (χ4n) is 8.17. The van der Waals surface area contributed by atoms with E-state index in [-0.39, 0.29) is 0 Å². The highest BCUT2D eigenvalue weighted by molar-refractivity contribution is 6.24. The maximum absolute atomic E-state index is 2.45. The van der Waals surface area contributed by atoms with Gasteiger partial charge in [-0.15, -0.1) is 0 Å². The molecule has 0 aliphatic rings. The van der Waals surface area contributed by atoms with E-state index >= 15 is 0 Å². The van der Waals surface area contributed by atoms with Crippen molar-refractivity contribution in [2.45, 2.75) is 0 Å². The monoisotopic (exact) mass is 632 g/mol. The van der Waals surface area contributed by atoms with Crippen LogP contribution in [-0.4, -0.2) is 0 Å². The molecule has 0 amide bonds. The van der Waals surface area contributed by atoms with Gasteiger partial charge in [-0.2, -0.15) is 0 Å². The molecular weight excluding hydrogens is 601 g/mol. The van der Waals surface area contributed by atoms with Crippen LogP contribution >= 0.6 is 0 Å².